The van der Waals surface area contributed by atoms with Crippen LogP contribution in [0.15, 0.2) is 27.8 Å². The van der Waals surface area contributed by atoms with Crippen molar-refractivity contribution in [2.75, 3.05) is 13.1 Å². The number of benzene rings is 1. The highest BCUT2D eigenvalue weighted by atomic mass is 16.2. The highest BCUT2D eigenvalue weighted by Crippen LogP contribution is 2.29. The molecule has 2 aromatic heterocycles. The lowest BCUT2D eigenvalue weighted by Crippen LogP contribution is -2.40. The minimum atomic E-state index is -0.724. The zero-order valence-corrected chi connectivity index (χ0v) is 16.7. The predicted molar refractivity (Wildman–Crippen MR) is 111 cm³/mol. The van der Waals surface area contributed by atoms with Gasteiger partial charge in [-0.15, -0.1) is 10.2 Å². The van der Waals surface area contributed by atoms with Crippen molar-refractivity contribution in [2.45, 2.75) is 51.0 Å². The van der Waals surface area contributed by atoms with E-state index in [9.17, 15) is 14.4 Å². The van der Waals surface area contributed by atoms with E-state index in [2.05, 4.69) is 24.7 Å². The summed E-state index contributed by atoms with van der Waals surface area (Å²) in [5.74, 6) is 2.17. The number of rotatable bonds is 2. The van der Waals surface area contributed by atoms with Crippen molar-refractivity contribution in [2.24, 2.45) is 0 Å². The van der Waals surface area contributed by atoms with Gasteiger partial charge in [-0.25, -0.2) is 0 Å². The zero-order valence-electron chi connectivity index (χ0n) is 16.7. The maximum Gasteiger partial charge on any atom is 0.314 e. The van der Waals surface area contributed by atoms with Crippen LogP contribution in [0.5, 0.6) is 0 Å². The lowest BCUT2D eigenvalue weighted by molar-refractivity contribution is 0.0703. The zero-order chi connectivity index (χ0) is 20.7. The van der Waals surface area contributed by atoms with Crippen molar-refractivity contribution >= 4 is 16.9 Å². The van der Waals surface area contributed by atoms with Crippen LogP contribution < -0.4 is 11.1 Å². The Morgan fingerprint density at radius 1 is 0.967 bits per heavy atom. The van der Waals surface area contributed by atoms with E-state index in [1.54, 1.807) is 18.2 Å². The number of hydrogen-bond donors (Lipinski definition) is 2. The first-order chi connectivity index (χ1) is 14.6. The van der Waals surface area contributed by atoms with Gasteiger partial charge < -0.3 is 19.4 Å². The van der Waals surface area contributed by atoms with E-state index >= 15 is 0 Å². The van der Waals surface area contributed by atoms with Gasteiger partial charge >= 0.3 is 11.1 Å². The number of likely N-dealkylation sites (tertiary alicyclic amines) is 1. The summed E-state index contributed by atoms with van der Waals surface area (Å²) >= 11 is 0. The Bertz CT molecular complexity index is 1220. The second-order valence-electron chi connectivity index (χ2n) is 8.20. The fourth-order valence-corrected chi connectivity index (χ4v) is 4.61. The molecule has 4 heterocycles. The molecule has 0 bridgehead atoms. The van der Waals surface area contributed by atoms with E-state index in [-0.39, 0.29) is 11.8 Å². The smallest absolute Gasteiger partial charge is 0.314 e. The third kappa shape index (κ3) is 3.34. The summed E-state index contributed by atoms with van der Waals surface area (Å²) in [6, 6.07) is 4.97. The van der Waals surface area contributed by atoms with Gasteiger partial charge in [0.2, 0.25) is 0 Å². The average Bonchev–Trinajstić information content (AvgIpc) is 3.02. The Morgan fingerprint density at radius 2 is 1.80 bits per heavy atom. The van der Waals surface area contributed by atoms with Crippen LogP contribution in [0.3, 0.4) is 0 Å². The molecule has 0 unspecified atom stereocenters. The van der Waals surface area contributed by atoms with Crippen molar-refractivity contribution in [1.82, 2.24) is 29.6 Å². The first kappa shape index (κ1) is 18.8. The minimum Gasteiger partial charge on any atom is -0.338 e. The first-order valence-corrected chi connectivity index (χ1v) is 10.6. The highest BCUT2D eigenvalue weighted by molar-refractivity contribution is 5.97. The molecule has 1 amide bonds. The number of H-pyrrole nitrogens is 2. The van der Waals surface area contributed by atoms with Crippen molar-refractivity contribution < 1.29 is 4.79 Å². The molecule has 3 aromatic rings. The number of fused-ring (bicyclic) bond motifs is 2. The molecular weight excluding hydrogens is 384 g/mol. The van der Waals surface area contributed by atoms with Crippen LogP contribution in [-0.2, 0) is 13.0 Å². The standard InChI is InChI=1S/C21H24N6O3/c28-19-20(29)23-16-11-13(7-8-15(16)22-19)21(30)26-9-4-5-14(12-26)18-25-24-17-6-2-1-3-10-27(17)18/h7-8,11,14H,1-6,9-10,12H2,(H,22,28)(H,23,29)/t14-/m0/s1. The number of hydrogen-bond acceptors (Lipinski definition) is 5. The summed E-state index contributed by atoms with van der Waals surface area (Å²) < 4.78 is 2.27. The van der Waals surface area contributed by atoms with E-state index in [1.807, 2.05) is 4.90 Å². The van der Waals surface area contributed by atoms with E-state index in [1.165, 1.54) is 6.42 Å². The van der Waals surface area contributed by atoms with Gasteiger partial charge in [-0.2, -0.15) is 0 Å². The molecule has 1 saturated heterocycles. The monoisotopic (exact) mass is 408 g/mol. The van der Waals surface area contributed by atoms with Crippen LogP contribution in [0.1, 0.15) is 60.0 Å². The second-order valence-corrected chi connectivity index (χ2v) is 8.20. The summed E-state index contributed by atoms with van der Waals surface area (Å²) in [4.78, 5) is 43.2. The van der Waals surface area contributed by atoms with Crippen LogP contribution in [0.4, 0.5) is 0 Å². The third-order valence-electron chi connectivity index (χ3n) is 6.18. The Morgan fingerprint density at radius 3 is 2.67 bits per heavy atom. The summed E-state index contributed by atoms with van der Waals surface area (Å²) in [7, 11) is 0. The molecule has 0 spiro atoms. The van der Waals surface area contributed by atoms with Gasteiger partial charge in [-0.05, 0) is 43.9 Å². The molecule has 9 heteroatoms. The van der Waals surface area contributed by atoms with E-state index in [4.69, 9.17) is 0 Å². The maximum absolute atomic E-state index is 13.2. The number of carbonyl (C=O) groups is 1. The second kappa shape index (κ2) is 7.55. The molecule has 30 heavy (non-hydrogen) atoms. The maximum atomic E-state index is 13.2. The number of piperidine rings is 1. The molecule has 2 aliphatic rings. The molecule has 156 valence electrons. The van der Waals surface area contributed by atoms with Gasteiger partial charge in [-0.3, -0.25) is 14.4 Å². The number of nitrogens with one attached hydrogen (secondary N) is 2. The number of aryl methyl sites for hydroxylation is 1. The number of aromatic nitrogens is 5. The highest BCUT2D eigenvalue weighted by Gasteiger charge is 2.30. The van der Waals surface area contributed by atoms with Crippen LogP contribution in [-0.4, -0.2) is 48.6 Å². The van der Waals surface area contributed by atoms with Crippen LogP contribution in [0.2, 0.25) is 0 Å². The molecule has 9 nitrogen and oxygen atoms in total. The molecule has 1 atom stereocenters. The Labute approximate surface area is 172 Å². The fraction of sp³-hybridized carbons (Fsp3) is 0.476. The quantitative estimate of drug-likeness (QED) is 0.624. The summed E-state index contributed by atoms with van der Waals surface area (Å²) in [6.45, 7) is 2.26. The van der Waals surface area contributed by atoms with Crippen molar-refractivity contribution in [3.05, 3.63) is 56.1 Å². The SMILES string of the molecule is O=C(c1ccc2[nH]c(=O)c(=O)[nH]c2c1)N1CCC[C@H](c2nnc3n2CCCCC3)C1. The molecule has 0 radical (unpaired) electrons. The largest absolute Gasteiger partial charge is 0.338 e. The number of nitrogens with zero attached hydrogens (tertiary/aromatic N) is 4. The minimum absolute atomic E-state index is 0.0794. The summed E-state index contributed by atoms with van der Waals surface area (Å²) in [5, 5.41) is 8.91. The summed E-state index contributed by atoms with van der Waals surface area (Å²) in [6.07, 6.45) is 6.39. The Hall–Kier alpha value is -3.23. The normalized spacial score (nSPS) is 19.5. The van der Waals surface area contributed by atoms with Crippen LogP contribution in [0.25, 0.3) is 11.0 Å². The Kier molecular flexibility index (Phi) is 4.72. The van der Waals surface area contributed by atoms with Gasteiger partial charge in [0, 0.05) is 37.5 Å². The van der Waals surface area contributed by atoms with Crippen LogP contribution >= 0.6 is 0 Å². The number of carbonyl (C=O) groups excluding carboxylic acids is 1. The topological polar surface area (TPSA) is 117 Å². The molecule has 5 rings (SSSR count). The lowest BCUT2D eigenvalue weighted by Gasteiger charge is -2.32. The third-order valence-corrected chi connectivity index (χ3v) is 6.18. The van der Waals surface area contributed by atoms with Gasteiger partial charge in [0.05, 0.1) is 11.0 Å². The summed E-state index contributed by atoms with van der Waals surface area (Å²) in [5.41, 5.74) is 0.0112. The number of aromatic amines is 2. The van der Waals surface area contributed by atoms with E-state index in [0.29, 0.717) is 29.7 Å². The van der Waals surface area contributed by atoms with Gasteiger partial charge in [0.15, 0.2) is 0 Å². The van der Waals surface area contributed by atoms with Gasteiger partial charge in [0.25, 0.3) is 5.91 Å². The molecular formula is C21H24N6O3. The number of amides is 1. The van der Waals surface area contributed by atoms with Crippen molar-refractivity contribution in [3.63, 3.8) is 0 Å². The molecule has 2 aliphatic heterocycles. The van der Waals surface area contributed by atoms with Gasteiger partial charge in [0.1, 0.15) is 11.6 Å². The first-order valence-electron chi connectivity index (χ1n) is 10.6. The van der Waals surface area contributed by atoms with E-state index in [0.717, 1.165) is 50.3 Å². The fourth-order valence-electron chi connectivity index (χ4n) is 4.61. The van der Waals surface area contributed by atoms with Crippen LogP contribution in [0, 0.1) is 0 Å². The molecule has 1 aromatic carbocycles. The molecule has 2 N–H and O–H groups in total. The lowest BCUT2D eigenvalue weighted by atomic mass is 9.96. The predicted octanol–water partition coefficient (Wildman–Crippen LogP) is 1.55. The van der Waals surface area contributed by atoms with E-state index < -0.39 is 11.1 Å². The Balaban J connectivity index is 1.40. The van der Waals surface area contributed by atoms with Gasteiger partial charge in [-0.1, -0.05) is 6.42 Å². The average molecular weight is 408 g/mol. The molecule has 0 aliphatic carbocycles. The van der Waals surface area contributed by atoms with Crippen molar-refractivity contribution in [3.8, 4) is 0 Å². The molecule has 1 fully saturated rings. The molecule has 0 saturated carbocycles. The van der Waals surface area contributed by atoms with Crippen molar-refractivity contribution in [1.29, 1.82) is 0 Å².